The van der Waals surface area contributed by atoms with Crippen LogP contribution in [0.2, 0.25) is 0 Å². The molecule has 0 fully saturated rings. The van der Waals surface area contributed by atoms with Gasteiger partial charge in [0.25, 0.3) is 5.69 Å². The molecule has 0 spiro atoms. The van der Waals surface area contributed by atoms with Gasteiger partial charge in [-0.05, 0) is 53.4 Å². The number of halogens is 4. The maximum Gasteiger partial charge on any atom is 0.416 e. The van der Waals surface area contributed by atoms with E-state index in [9.17, 15) is 23.3 Å². The first-order chi connectivity index (χ1) is 15.0. The Balaban J connectivity index is 2.15. The summed E-state index contributed by atoms with van der Waals surface area (Å²) in [4.78, 5) is 19.3. The van der Waals surface area contributed by atoms with E-state index in [1.54, 1.807) is 27.0 Å². The van der Waals surface area contributed by atoms with E-state index < -0.39 is 28.4 Å². The highest BCUT2D eigenvalue weighted by Crippen LogP contribution is 2.39. The molecule has 2 aromatic carbocycles. The molecule has 11 heteroatoms. The standard InChI is InChI=1S/C21H20BrF3N4O3/c1-5-15-18-16(9-17(32-4)19(15)22)27-11(3)28-20(18)26-10(2)12-6-13(21(23,24)25)8-14(7-12)29(30)31/h6-10H,5H2,1-4H3,(H,26,27,28)/t10-/m1/s1. The number of anilines is 1. The van der Waals surface area contributed by atoms with Crippen molar-refractivity contribution in [1.82, 2.24) is 9.97 Å². The van der Waals surface area contributed by atoms with Gasteiger partial charge >= 0.3 is 6.18 Å². The summed E-state index contributed by atoms with van der Waals surface area (Å²) >= 11 is 3.54. The Labute approximate surface area is 190 Å². The van der Waals surface area contributed by atoms with Gasteiger partial charge in [-0.15, -0.1) is 0 Å². The number of non-ortho nitro benzene ring substituents is 1. The third kappa shape index (κ3) is 4.62. The zero-order valence-electron chi connectivity index (χ0n) is 17.7. The Hall–Kier alpha value is -2.95. The number of benzene rings is 2. The molecule has 3 aromatic rings. The smallest absolute Gasteiger partial charge is 0.416 e. The second-order valence-corrected chi connectivity index (χ2v) is 7.97. The fourth-order valence-electron chi connectivity index (χ4n) is 3.47. The number of rotatable bonds is 6. The van der Waals surface area contributed by atoms with Crippen molar-refractivity contribution in [3.05, 3.63) is 61.4 Å². The molecule has 0 saturated heterocycles. The normalized spacial score (nSPS) is 12.6. The number of aromatic nitrogens is 2. The molecule has 0 aliphatic rings. The monoisotopic (exact) mass is 512 g/mol. The van der Waals surface area contributed by atoms with Crippen LogP contribution >= 0.6 is 15.9 Å². The largest absolute Gasteiger partial charge is 0.495 e. The zero-order chi connectivity index (χ0) is 23.8. The van der Waals surface area contributed by atoms with E-state index >= 15 is 0 Å². The lowest BCUT2D eigenvalue weighted by Gasteiger charge is -2.20. The van der Waals surface area contributed by atoms with E-state index in [1.165, 1.54) is 0 Å². The molecule has 7 nitrogen and oxygen atoms in total. The summed E-state index contributed by atoms with van der Waals surface area (Å²) in [6.07, 6.45) is -4.10. The van der Waals surface area contributed by atoms with Crippen molar-refractivity contribution in [1.29, 1.82) is 0 Å². The van der Waals surface area contributed by atoms with Crippen LogP contribution in [0.15, 0.2) is 28.7 Å². The van der Waals surface area contributed by atoms with Crippen molar-refractivity contribution in [3.8, 4) is 5.75 Å². The van der Waals surface area contributed by atoms with Crippen LogP contribution in [0.25, 0.3) is 10.9 Å². The summed E-state index contributed by atoms with van der Waals surface area (Å²) in [6, 6.07) is 3.60. The Kier molecular flexibility index (Phi) is 6.59. The average molecular weight is 513 g/mol. The number of alkyl halides is 3. The number of nitro groups is 1. The first-order valence-corrected chi connectivity index (χ1v) is 10.4. The molecule has 32 heavy (non-hydrogen) atoms. The summed E-state index contributed by atoms with van der Waals surface area (Å²) in [5.74, 6) is 1.47. The van der Waals surface area contributed by atoms with Crippen LogP contribution in [-0.2, 0) is 12.6 Å². The lowest BCUT2D eigenvalue weighted by atomic mass is 10.0. The summed E-state index contributed by atoms with van der Waals surface area (Å²) in [6.45, 7) is 5.26. The van der Waals surface area contributed by atoms with Crippen LogP contribution in [0.4, 0.5) is 24.7 Å². The van der Waals surface area contributed by atoms with Crippen LogP contribution in [0.3, 0.4) is 0 Å². The second-order valence-electron chi connectivity index (χ2n) is 7.17. The fourth-order valence-corrected chi connectivity index (χ4v) is 4.22. The summed E-state index contributed by atoms with van der Waals surface area (Å²) in [5, 5.41) is 15.0. The average Bonchev–Trinajstić information content (AvgIpc) is 2.72. The van der Waals surface area contributed by atoms with Crippen LogP contribution in [0.5, 0.6) is 5.75 Å². The number of nitrogens with zero attached hydrogens (tertiary/aromatic N) is 3. The van der Waals surface area contributed by atoms with Gasteiger partial charge in [-0.25, -0.2) is 9.97 Å². The van der Waals surface area contributed by atoms with Crippen molar-refractivity contribution in [2.24, 2.45) is 0 Å². The second kappa shape index (κ2) is 8.89. The van der Waals surface area contributed by atoms with Crippen molar-refractivity contribution in [3.63, 3.8) is 0 Å². The topological polar surface area (TPSA) is 90.2 Å². The highest BCUT2D eigenvalue weighted by molar-refractivity contribution is 9.10. The van der Waals surface area contributed by atoms with Crippen LogP contribution < -0.4 is 10.1 Å². The molecule has 1 N–H and O–H groups in total. The van der Waals surface area contributed by atoms with Gasteiger partial charge in [0.15, 0.2) is 0 Å². The van der Waals surface area contributed by atoms with Crippen molar-refractivity contribution in [2.45, 2.75) is 39.4 Å². The summed E-state index contributed by atoms with van der Waals surface area (Å²) < 4.78 is 46.0. The van der Waals surface area contributed by atoms with Gasteiger partial charge in [0.2, 0.25) is 0 Å². The molecule has 0 unspecified atom stereocenters. The number of aryl methyl sites for hydroxylation is 2. The van der Waals surface area contributed by atoms with Gasteiger partial charge in [-0.1, -0.05) is 6.92 Å². The molecule has 0 amide bonds. The molecule has 3 rings (SSSR count). The number of hydrogen-bond donors (Lipinski definition) is 1. The van der Waals surface area contributed by atoms with E-state index in [2.05, 4.69) is 31.2 Å². The molecule has 1 atom stereocenters. The molecular formula is C21H20BrF3N4O3. The molecule has 1 aromatic heterocycles. The maximum atomic E-state index is 13.3. The Morgan fingerprint density at radius 1 is 1.25 bits per heavy atom. The van der Waals surface area contributed by atoms with Crippen molar-refractivity contribution < 1.29 is 22.8 Å². The quantitative estimate of drug-likeness (QED) is 0.304. The van der Waals surface area contributed by atoms with Gasteiger partial charge in [0, 0.05) is 23.6 Å². The SMILES string of the molecule is CCc1c(Br)c(OC)cc2nc(C)nc(N[C@H](C)c3cc([N+](=O)[O-])cc(C(F)(F)F)c3)c12. The molecule has 170 valence electrons. The number of methoxy groups -OCH3 is 1. The van der Waals surface area contributed by atoms with Crippen LogP contribution in [0, 0.1) is 17.0 Å². The Morgan fingerprint density at radius 3 is 2.50 bits per heavy atom. The molecule has 0 aliphatic carbocycles. The van der Waals surface area contributed by atoms with Crippen molar-refractivity contribution in [2.75, 3.05) is 12.4 Å². The van der Waals surface area contributed by atoms with Gasteiger partial charge in [-0.2, -0.15) is 13.2 Å². The molecule has 0 aliphatic heterocycles. The number of nitro benzene ring substituents is 1. The lowest BCUT2D eigenvalue weighted by Crippen LogP contribution is -2.13. The predicted octanol–water partition coefficient (Wildman–Crippen LogP) is 6.37. The third-order valence-electron chi connectivity index (χ3n) is 5.00. The third-order valence-corrected chi connectivity index (χ3v) is 5.87. The number of hydrogen-bond acceptors (Lipinski definition) is 6. The van der Waals surface area contributed by atoms with Gasteiger partial charge < -0.3 is 10.1 Å². The molecule has 0 bridgehead atoms. The highest BCUT2D eigenvalue weighted by Gasteiger charge is 2.33. The van der Waals surface area contributed by atoms with Gasteiger partial charge in [-0.3, -0.25) is 10.1 Å². The Bertz CT molecular complexity index is 1200. The van der Waals surface area contributed by atoms with E-state index in [0.29, 0.717) is 40.8 Å². The molecule has 0 saturated carbocycles. The van der Waals surface area contributed by atoms with E-state index in [0.717, 1.165) is 22.2 Å². The number of nitrogens with one attached hydrogen (secondary N) is 1. The van der Waals surface area contributed by atoms with E-state index in [-0.39, 0.29) is 5.56 Å². The first-order valence-electron chi connectivity index (χ1n) is 9.63. The van der Waals surface area contributed by atoms with E-state index in [1.807, 2.05) is 6.92 Å². The minimum atomic E-state index is -4.71. The fraction of sp³-hybridized carbons (Fsp3) is 0.333. The van der Waals surface area contributed by atoms with Crippen molar-refractivity contribution >= 4 is 38.3 Å². The van der Waals surface area contributed by atoms with Crippen LogP contribution in [0.1, 0.15) is 42.4 Å². The van der Waals surface area contributed by atoms with Gasteiger partial charge in [0.05, 0.1) is 33.6 Å². The van der Waals surface area contributed by atoms with Gasteiger partial charge in [0.1, 0.15) is 17.4 Å². The lowest BCUT2D eigenvalue weighted by molar-refractivity contribution is -0.385. The molecule has 0 radical (unpaired) electrons. The maximum absolute atomic E-state index is 13.3. The predicted molar refractivity (Wildman–Crippen MR) is 118 cm³/mol. The molecular weight excluding hydrogens is 493 g/mol. The van der Waals surface area contributed by atoms with Crippen LogP contribution in [-0.4, -0.2) is 22.0 Å². The minimum absolute atomic E-state index is 0.113. The highest BCUT2D eigenvalue weighted by atomic mass is 79.9. The van der Waals surface area contributed by atoms with E-state index in [4.69, 9.17) is 4.74 Å². The summed E-state index contributed by atoms with van der Waals surface area (Å²) in [7, 11) is 1.54. The molecule has 1 heterocycles. The minimum Gasteiger partial charge on any atom is -0.495 e. The zero-order valence-corrected chi connectivity index (χ0v) is 19.3. The summed E-state index contributed by atoms with van der Waals surface area (Å²) in [5.41, 5.74) is -0.125. The number of ether oxygens (including phenoxy) is 1. The Morgan fingerprint density at radius 2 is 1.94 bits per heavy atom. The first kappa shape index (κ1) is 23.7. The number of fused-ring (bicyclic) bond motifs is 1.